The van der Waals surface area contributed by atoms with Crippen LogP contribution in [0.5, 0.6) is 0 Å². The highest BCUT2D eigenvalue weighted by atomic mass is 32.1. The van der Waals surface area contributed by atoms with Gasteiger partial charge in [0.25, 0.3) is 0 Å². The molecule has 7 aromatic carbocycles. The third-order valence-electron chi connectivity index (χ3n) is 9.86. The molecule has 1 atom stereocenters. The molecule has 1 unspecified atom stereocenters. The van der Waals surface area contributed by atoms with E-state index in [0.29, 0.717) is 0 Å². The lowest BCUT2D eigenvalue weighted by Gasteiger charge is -2.24. The molecule has 0 fully saturated rings. The SMILES string of the molecule is C1=C(c2ccccc2)N=C(c2ccc(-n3c4ccccc4c4cc(-c5cccc6c5sc5ccccc56)ccc43)cc2)NC1c1ccccc1. The number of nitrogens with zero attached hydrogens (tertiary/aromatic N) is 2. The molecule has 1 aliphatic rings. The number of thiophene rings is 1. The second kappa shape index (κ2) is 11.7. The summed E-state index contributed by atoms with van der Waals surface area (Å²) in [5.41, 5.74) is 10.4. The van der Waals surface area contributed by atoms with Gasteiger partial charge in [-0.05, 0) is 76.9 Å². The molecule has 0 spiro atoms. The number of aliphatic imine (C=N–C) groups is 1. The summed E-state index contributed by atoms with van der Waals surface area (Å²) in [6.07, 6.45) is 2.22. The van der Waals surface area contributed by atoms with Gasteiger partial charge in [0.2, 0.25) is 0 Å². The minimum Gasteiger partial charge on any atom is -0.359 e. The molecular formula is C46H31N3S. The first-order chi connectivity index (χ1) is 24.8. The van der Waals surface area contributed by atoms with E-state index in [4.69, 9.17) is 4.99 Å². The van der Waals surface area contributed by atoms with Crippen molar-refractivity contribution in [3.8, 4) is 16.8 Å². The highest BCUT2D eigenvalue weighted by Gasteiger charge is 2.20. The lowest BCUT2D eigenvalue weighted by atomic mass is 10.0. The molecule has 3 heterocycles. The third-order valence-corrected chi connectivity index (χ3v) is 11.1. The van der Waals surface area contributed by atoms with E-state index < -0.39 is 0 Å². The summed E-state index contributed by atoms with van der Waals surface area (Å²) in [4.78, 5) is 5.12. The van der Waals surface area contributed by atoms with Crippen LogP contribution in [-0.2, 0) is 0 Å². The fourth-order valence-electron chi connectivity index (χ4n) is 7.46. The van der Waals surface area contributed by atoms with Crippen molar-refractivity contribution in [2.45, 2.75) is 6.04 Å². The Morgan fingerprint density at radius 2 is 1.20 bits per heavy atom. The quantitative estimate of drug-likeness (QED) is 0.196. The molecule has 0 saturated carbocycles. The Labute approximate surface area is 294 Å². The molecule has 9 aromatic rings. The molecule has 3 nitrogen and oxygen atoms in total. The molecule has 0 radical (unpaired) electrons. The number of aromatic nitrogens is 1. The molecule has 236 valence electrons. The topological polar surface area (TPSA) is 29.3 Å². The van der Waals surface area contributed by atoms with Crippen LogP contribution in [0.25, 0.3) is 64.5 Å². The molecule has 1 aliphatic heterocycles. The smallest absolute Gasteiger partial charge is 0.134 e. The summed E-state index contributed by atoms with van der Waals surface area (Å²) in [6, 6.07) is 61.0. The molecule has 50 heavy (non-hydrogen) atoms. The van der Waals surface area contributed by atoms with Crippen molar-refractivity contribution in [1.82, 2.24) is 9.88 Å². The van der Waals surface area contributed by atoms with Crippen molar-refractivity contribution in [2.75, 3.05) is 0 Å². The Kier molecular flexibility index (Phi) is 6.74. The number of benzene rings is 7. The van der Waals surface area contributed by atoms with Crippen molar-refractivity contribution >= 4 is 64.8 Å². The number of rotatable bonds is 5. The van der Waals surface area contributed by atoms with Crippen molar-refractivity contribution in [2.24, 2.45) is 4.99 Å². The highest BCUT2D eigenvalue weighted by Crippen LogP contribution is 2.42. The van der Waals surface area contributed by atoms with Gasteiger partial charge in [-0.1, -0.05) is 121 Å². The van der Waals surface area contributed by atoms with Gasteiger partial charge in [0.1, 0.15) is 5.84 Å². The van der Waals surface area contributed by atoms with E-state index in [1.54, 1.807) is 0 Å². The molecule has 0 amide bonds. The summed E-state index contributed by atoms with van der Waals surface area (Å²) < 4.78 is 5.05. The Bertz CT molecular complexity index is 2770. The summed E-state index contributed by atoms with van der Waals surface area (Å²) in [5.74, 6) is 0.869. The highest BCUT2D eigenvalue weighted by molar-refractivity contribution is 7.26. The Morgan fingerprint density at radius 1 is 0.520 bits per heavy atom. The predicted molar refractivity (Wildman–Crippen MR) is 212 cm³/mol. The predicted octanol–water partition coefficient (Wildman–Crippen LogP) is 12.0. The number of fused-ring (bicyclic) bond motifs is 6. The third kappa shape index (κ3) is 4.76. The minimum absolute atomic E-state index is 0.0172. The zero-order chi connectivity index (χ0) is 33.0. The lowest BCUT2D eigenvalue weighted by Crippen LogP contribution is -2.31. The zero-order valence-electron chi connectivity index (χ0n) is 27.1. The summed E-state index contributed by atoms with van der Waals surface area (Å²) in [7, 11) is 0. The van der Waals surface area contributed by atoms with Crippen LogP contribution < -0.4 is 5.32 Å². The monoisotopic (exact) mass is 657 g/mol. The standard InChI is InChI=1S/C46H31N3S/c1-3-12-30(13-4-1)40-29-41(31-14-5-2-6-15-31)48-46(47-40)32-22-25-34(26-23-32)49-42-20-9-7-16-36(42)39-28-33(24-27-43(39)49)35-18-11-19-38-37-17-8-10-21-44(37)50-45(35)38/h1-29,40H,(H,47,48). The molecule has 1 N–H and O–H groups in total. The Morgan fingerprint density at radius 3 is 2.04 bits per heavy atom. The molecular weight excluding hydrogens is 627 g/mol. The second-order valence-electron chi connectivity index (χ2n) is 12.8. The Balaban J connectivity index is 1.06. The summed E-state index contributed by atoms with van der Waals surface area (Å²) in [5, 5.41) is 8.86. The van der Waals surface area contributed by atoms with Crippen LogP contribution in [0.4, 0.5) is 0 Å². The van der Waals surface area contributed by atoms with E-state index in [1.807, 2.05) is 17.4 Å². The van der Waals surface area contributed by atoms with Gasteiger partial charge in [0, 0.05) is 42.2 Å². The zero-order valence-corrected chi connectivity index (χ0v) is 27.9. The number of hydrogen-bond donors (Lipinski definition) is 1. The maximum Gasteiger partial charge on any atom is 0.134 e. The molecule has 4 heteroatoms. The average molecular weight is 658 g/mol. The van der Waals surface area contributed by atoms with Gasteiger partial charge in [0.15, 0.2) is 0 Å². The summed E-state index contributed by atoms with van der Waals surface area (Å²) >= 11 is 1.88. The summed E-state index contributed by atoms with van der Waals surface area (Å²) in [6.45, 7) is 0. The van der Waals surface area contributed by atoms with Gasteiger partial charge in [-0.25, -0.2) is 4.99 Å². The lowest BCUT2D eigenvalue weighted by molar-refractivity contribution is 0.781. The number of para-hydroxylation sites is 1. The fourth-order valence-corrected chi connectivity index (χ4v) is 8.69. The first kappa shape index (κ1) is 28.8. The van der Waals surface area contributed by atoms with E-state index in [2.05, 4.69) is 180 Å². The second-order valence-corrected chi connectivity index (χ2v) is 13.9. The number of nitrogens with one attached hydrogen (secondary N) is 1. The van der Waals surface area contributed by atoms with Crippen LogP contribution in [0.2, 0.25) is 0 Å². The van der Waals surface area contributed by atoms with Gasteiger partial charge in [-0.2, -0.15) is 0 Å². The van der Waals surface area contributed by atoms with E-state index in [0.717, 1.165) is 28.3 Å². The van der Waals surface area contributed by atoms with Gasteiger partial charge < -0.3 is 9.88 Å². The van der Waals surface area contributed by atoms with Crippen LogP contribution in [0.3, 0.4) is 0 Å². The maximum absolute atomic E-state index is 5.12. The minimum atomic E-state index is 0.0172. The van der Waals surface area contributed by atoms with Crippen LogP contribution in [0.15, 0.2) is 181 Å². The van der Waals surface area contributed by atoms with Gasteiger partial charge in [0.05, 0.1) is 22.8 Å². The van der Waals surface area contributed by atoms with Crippen LogP contribution in [-0.4, -0.2) is 10.4 Å². The molecule has 0 bridgehead atoms. The van der Waals surface area contributed by atoms with E-state index >= 15 is 0 Å². The van der Waals surface area contributed by atoms with Gasteiger partial charge in [-0.15, -0.1) is 11.3 Å². The van der Waals surface area contributed by atoms with E-state index in [-0.39, 0.29) is 6.04 Å². The van der Waals surface area contributed by atoms with Crippen molar-refractivity contribution in [1.29, 1.82) is 0 Å². The molecule has 0 saturated heterocycles. The van der Waals surface area contributed by atoms with E-state index in [1.165, 1.54) is 58.7 Å². The first-order valence-corrected chi connectivity index (χ1v) is 17.8. The van der Waals surface area contributed by atoms with Crippen LogP contribution in [0, 0.1) is 0 Å². The van der Waals surface area contributed by atoms with Gasteiger partial charge >= 0.3 is 0 Å². The largest absolute Gasteiger partial charge is 0.359 e. The fraction of sp³-hybridized carbons (Fsp3) is 0.0217. The number of hydrogen-bond acceptors (Lipinski definition) is 3. The molecule has 2 aromatic heterocycles. The van der Waals surface area contributed by atoms with Crippen LogP contribution >= 0.6 is 11.3 Å². The molecule has 0 aliphatic carbocycles. The van der Waals surface area contributed by atoms with E-state index in [9.17, 15) is 0 Å². The first-order valence-electron chi connectivity index (χ1n) is 17.0. The van der Waals surface area contributed by atoms with Crippen molar-refractivity contribution in [3.05, 3.63) is 193 Å². The normalized spacial score (nSPS) is 14.6. The maximum atomic E-state index is 5.12. The average Bonchev–Trinajstić information content (AvgIpc) is 3.74. The van der Waals surface area contributed by atoms with Crippen molar-refractivity contribution in [3.63, 3.8) is 0 Å². The van der Waals surface area contributed by atoms with Crippen molar-refractivity contribution < 1.29 is 0 Å². The Hall–Kier alpha value is -6.23. The van der Waals surface area contributed by atoms with Crippen LogP contribution in [0.1, 0.15) is 22.7 Å². The van der Waals surface area contributed by atoms with Gasteiger partial charge in [-0.3, -0.25) is 0 Å². The number of amidine groups is 1. The molecule has 10 rings (SSSR count).